The number of aromatic nitrogens is 2. The largest absolute Gasteiger partial charge is 0.480 e. The van der Waals surface area contributed by atoms with Crippen LogP contribution in [0.4, 0.5) is 0 Å². The van der Waals surface area contributed by atoms with E-state index >= 15 is 0 Å². The molecule has 0 N–H and O–H groups in total. The molecule has 3 aromatic rings. The molecule has 0 amide bonds. The van der Waals surface area contributed by atoms with E-state index in [0.29, 0.717) is 15.8 Å². The van der Waals surface area contributed by atoms with Crippen LogP contribution in [0.25, 0.3) is 5.65 Å². The molecule has 0 aliphatic heterocycles. The zero-order valence-electron chi connectivity index (χ0n) is 12.8. The van der Waals surface area contributed by atoms with Crippen molar-refractivity contribution in [2.24, 2.45) is 0 Å². The van der Waals surface area contributed by atoms with Gasteiger partial charge in [-0.05, 0) is 37.3 Å². The van der Waals surface area contributed by atoms with E-state index in [1.165, 1.54) is 0 Å². The first-order valence-corrected chi connectivity index (χ1v) is 7.96. The quantitative estimate of drug-likeness (QED) is 0.640. The number of hydrogen-bond donors (Lipinski definition) is 0. The summed E-state index contributed by atoms with van der Waals surface area (Å²) >= 11 is 11.8. The molecule has 0 fully saturated rings. The van der Waals surface area contributed by atoms with E-state index in [2.05, 4.69) is 4.98 Å². The number of imidazole rings is 1. The average Bonchev–Trinajstić information content (AvgIpc) is 2.87. The summed E-state index contributed by atoms with van der Waals surface area (Å²) in [6, 6.07) is 10.5. The van der Waals surface area contributed by atoms with Crippen LogP contribution in [0.15, 0.2) is 42.6 Å². The van der Waals surface area contributed by atoms with E-state index in [9.17, 15) is 4.79 Å². The van der Waals surface area contributed by atoms with Crippen LogP contribution < -0.4 is 4.74 Å². The molecule has 0 aliphatic rings. The van der Waals surface area contributed by atoms with Gasteiger partial charge >= 0.3 is 5.97 Å². The topological polar surface area (TPSA) is 52.8 Å². The lowest BCUT2D eigenvalue weighted by Gasteiger charge is -2.09. The van der Waals surface area contributed by atoms with Gasteiger partial charge in [0, 0.05) is 11.2 Å². The number of carbonyl (C=O) groups excluding carboxylic acids is 1. The number of rotatable bonds is 5. The number of esters is 1. The van der Waals surface area contributed by atoms with Crippen LogP contribution in [0.2, 0.25) is 10.0 Å². The van der Waals surface area contributed by atoms with Gasteiger partial charge in [-0.25, -0.2) is 9.78 Å². The lowest BCUT2D eigenvalue weighted by atomic mass is 10.3. The van der Waals surface area contributed by atoms with Crippen molar-refractivity contribution in [3.05, 3.63) is 64.0 Å². The highest BCUT2D eigenvalue weighted by Gasteiger charge is 2.12. The maximum Gasteiger partial charge on any atom is 0.344 e. The minimum Gasteiger partial charge on any atom is -0.480 e. The summed E-state index contributed by atoms with van der Waals surface area (Å²) in [5.74, 6) is -0.115. The molecule has 124 valence electrons. The van der Waals surface area contributed by atoms with Crippen molar-refractivity contribution >= 4 is 34.8 Å². The number of carbonyl (C=O) groups is 1. The van der Waals surface area contributed by atoms with Crippen molar-refractivity contribution in [3.63, 3.8) is 0 Å². The summed E-state index contributed by atoms with van der Waals surface area (Å²) in [5.41, 5.74) is 2.45. The first kappa shape index (κ1) is 16.6. The van der Waals surface area contributed by atoms with Crippen molar-refractivity contribution < 1.29 is 14.3 Å². The highest BCUT2D eigenvalue weighted by molar-refractivity contribution is 6.35. The smallest absolute Gasteiger partial charge is 0.344 e. The van der Waals surface area contributed by atoms with Gasteiger partial charge in [0.15, 0.2) is 6.61 Å². The van der Waals surface area contributed by atoms with Crippen molar-refractivity contribution in [1.82, 2.24) is 9.38 Å². The summed E-state index contributed by atoms with van der Waals surface area (Å²) in [5, 5.41) is 0.839. The van der Waals surface area contributed by atoms with E-state index in [1.807, 2.05) is 35.7 Å². The van der Waals surface area contributed by atoms with Crippen molar-refractivity contribution in [3.8, 4) is 5.75 Å². The zero-order chi connectivity index (χ0) is 17.1. The van der Waals surface area contributed by atoms with Gasteiger partial charge in [0.2, 0.25) is 0 Å². The molecule has 0 atom stereocenters. The van der Waals surface area contributed by atoms with Crippen LogP contribution in [0.1, 0.15) is 11.4 Å². The molecule has 7 heteroatoms. The van der Waals surface area contributed by atoms with Gasteiger partial charge in [-0.2, -0.15) is 0 Å². The van der Waals surface area contributed by atoms with Crippen LogP contribution in [0.5, 0.6) is 5.75 Å². The Hall–Kier alpha value is -2.24. The molecule has 0 saturated carbocycles. The Morgan fingerprint density at radius 1 is 1.25 bits per heavy atom. The normalized spacial score (nSPS) is 10.8. The SMILES string of the molecule is Cc1nc2ccccn2c1COC(=O)COc1ccc(Cl)cc1Cl. The van der Waals surface area contributed by atoms with E-state index in [-0.39, 0.29) is 13.2 Å². The molecule has 0 spiro atoms. The van der Waals surface area contributed by atoms with Gasteiger partial charge in [-0.15, -0.1) is 0 Å². The molecule has 2 aromatic heterocycles. The van der Waals surface area contributed by atoms with Gasteiger partial charge < -0.3 is 13.9 Å². The average molecular weight is 365 g/mol. The predicted molar refractivity (Wildman–Crippen MR) is 91.7 cm³/mol. The van der Waals surface area contributed by atoms with Crippen LogP contribution >= 0.6 is 23.2 Å². The molecular weight excluding hydrogens is 351 g/mol. The molecule has 0 radical (unpaired) electrons. The third-order valence-corrected chi connectivity index (χ3v) is 3.97. The summed E-state index contributed by atoms with van der Waals surface area (Å²) in [4.78, 5) is 16.3. The van der Waals surface area contributed by atoms with E-state index in [4.69, 9.17) is 32.7 Å². The molecule has 0 aliphatic carbocycles. The minimum atomic E-state index is -0.494. The molecule has 2 heterocycles. The van der Waals surface area contributed by atoms with Crippen LogP contribution in [-0.2, 0) is 16.1 Å². The Morgan fingerprint density at radius 3 is 2.88 bits per heavy atom. The summed E-state index contributed by atoms with van der Waals surface area (Å²) in [6.45, 7) is 1.75. The second-order valence-electron chi connectivity index (χ2n) is 5.10. The Morgan fingerprint density at radius 2 is 2.08 bits per heavy atom. The molecule has 24 heavy (non-hydrogen) atoms. The second-order valence-corrected chi connectivity index (χ2v) is 5.94. The summed E-state index contributed by atoms with van der Waals surface area (Å²) < 4.78 is 12.5. The third kappa shape index (κ3) is 3.63. The van der Waals surface area contributed by atoms with Crippen molar-refractivity contribution in [2.45, 2.75) is 13.5 Å². The van der Waals surface area contributed by atoms with E-state index < -0.39 is 5.97 Å². The summed E-state index contributed by atoms with van der Waals surface area (Å²) in [6.07, 6.45) is 1.88. The van der Waals surface area contributed by atoms with Gasteiger partial charge in [-0.3, -0.25) is 0 Å². The van der Waals surface area contributed by atoms with E-state index in [0.717, 1.165) is 17.0 Å². The predicted octanol–water partition coefficient (Wildman–Crippen LogP) is 4.07. The maximum atomic E-state index is 11.9. The Kier molecular flexibility index (Phi) is 4.92. The fourth-order valence-corrected chi connectivity index (χ4v) is 2.72. The molecule has 5 nitrogen and oxygen atoms in total. The van der Waals surface area contributed by atoms with Crippen LogP contribution in [0.3, 0.4) is 0 Å². The maximum absolute atomic E-state index is 11.9. The van der Waals surface area contributed by atoms with E-state index in [1.54, 1.807) is 18.2 Å². The van der Waals surface area contributed by atoms with Crippen molar-refractivity contribution in [2.75, 3.05) is 6.61 Å². The Bertz CT molecular complexity index is 893. The van der Waals surface area contributed by atoms with Gasteiger partial charge in [0.25, 0.3) is 0 Å². The molecular formula is C17H14Cl2N2O3. The molecule has 1 aromatic carbocycles. The lowest BCUT2D eigenvalue weighted by molar-refractivity contribution is -0.147. The molecule has 3 rings (SSSR count). The lowest BCUT2D eigenvalue weighted by Crippen LogP contribution is -2.15. The number of halogens is 2. The number of pyridine rings is 1. The highest BCUT2D eigenvalue weighted by Crippen LogP contribution is 2.27. The minimum absolute atomic E-state index is 0.119. The first-order valence-electron chi connectivity index (χ1n) is 7.20. The van der Waals surface area contributed by atoms with Gasteiger partial charge in [-0.1, -0.05) is 29.3 Å². The Balaban J connectivity index is 1.60. The number of fused-ring (bicyclic) bond motifs is 1. The fraction of sp³-hybridized carbons (Fsp3) is 0.176. The van der Waals surface area contributed by atoms with Crippen LogP contribution in [-0.4, -0.2) is 22.0 Å². The second kappa shape index (κ2) is 7.11. The van der Waals surface area contributed by atoms with Gasteiger partial charge in [0.1, 0.15) is 18.0 Å². The van der Waals surface area contributed by atoms with Crippen LogP contribution in [0, 0.1) is 6.92 Å². The number of benzene rings is 1. The third-order valence-electron chi connectivity index (χ3n) is 3.44. The molecule has 0 saturated heterocycles. The number of aryl methyl sites for hydroxylation is 1. The zero-order valence-corrected chi connectivity index (χ0v) is 14.3. The first-order chi connectivity index (χ1) is 11.5. The highest BCUT2D eigenvalue weighted by atomic mass is 35.5. The number of hydrogen-bond acceptors (Lipinski definition) is 4. The number of ether oxygens (including phenoxy) is 2. The van der Waals surface area contributed by atoms with Gasteiger partial charge in [0.05, 0.1) is 16.4 Å². The molecule has 0 unspecified atom stereocenters. The summed E-state index contributed by atoms with van der Waals surface area (Å²) in [7, 11) is 0. The standard InChI is InChI=1S/C17H14Cl2N2O3/c1-11-14(21-7-3-2-4-16(21)20-11)9-24-17(22)10-23-15-6-5-12(18)8-13(15)19/h2-8H,9-10H2,1H3. The van der Waals surface area contributed by atoms with Crippen molar-refractivity contribution in [1.29, 1.82) is 0 Å². The Labute approximate surface area is 148 Å². The number of nitrogens with zero attached hydrogens (tertiary/aromatic N) is 2. The fourth-order valence-electron chi connectivity index (χ4n) is 2.26. The monoisotopic (exact) mass is 364 g/mol. The molecule has 0 bridgehead atoms.